The molecule has 0 fully saturated rings. The van der Waals surface area contributed by atoms with E-state index in [0.29, 0.717) is 32.0 Å². The number of ether oxygens (including phenoxy) is 1. The number of carbonyl (C=O) groups is 3. The Hall–Kier alpha value is -2.51. The Balaban J connectivity index is 2.16. The second-order valence-corrected chi connectivity index (χ2v) is 6.70. The first kappa shape index (κ1) is 22.5. The van der Waals surface area contributed by atoms with Crippen LogP contribution in [0.3, 0.4) is 0 Å². The molecule has 0 unspecified atom stereocenters. The van der Waals surface area contributed by atoms with E-state index in [0.717, 1.165) is 25.0 Å². The van der Waals surface area contributed by atoms with E-state index >= 15 is 0 Å². The van der Waals surface area contributed by atoms with Crippen molar-refractivity contribution >= 4 is 17.7 Å². The summed E-state index contributed by atoms with van der Waals surface area (Å²) in [5, 5.41) is 10.8. The number of aryl methyl sites for hydroxylation is 2. The third-order valence-electron chi connectivity index (χ3n) is 3.64. The van der Waals surface area contributed by atoms with Crippen LogP contribution in [0.25, 0.3) is 0 Å². The zero-order valence-corrected chi connectivity index (χ0v) is 16.4. The molecule has 8 heteroatoms. The molecule has 1 aromatic rings. The number of esters is 1. The average Bonchev–Trinajstić information content (AvgIpc) is 3.10. The van der Waals surface area contributed by atoms with Gasteiger partial charge in [-0.05, 0) is 31.3 Å². The molecule has 1 heterocycles. The Morgan fingerprint density at radius 3 is 2.74 bits per heavy atom. The van der Waals surface area contributed by atoms with Gasteiger partial charge in [0, 0.05) is 25.2 Å². The molecule has 0 aliphatic heterocycles. The normalized spacial score (nSPS) is 11.1. The molecule has 1 aromatic heterocycles. The van der Waals surface area contributed by atoms with E-state index in [1.807, 2.05) is 20.0 Å². The fourth-order valence-electron chi connectivity index (χ4n) is 2.09. The van der Waals surface area contributed by atoms with E-state index in [1.165, 1.54) is 12.2 Å². The van der Waals surface area contributed by atoms with Crippen molar-refractivity contribution in [1.82, 2.24) is 20.3 Å². The second kappa shape index (κ2) is 12.8. The van der Waals surface area contributed by atoms with Crippen LogP contribution in [0.2, 0.25) is 0 Å². The SMILES string of the molecule is CCC(=O)/C=C/C(=O)NCCCCc1cn(CCC(=O)OCC(C)C)nn1. The van der Waals surface area contributed by atoms with Gasteiger partial charge < -0.3 is 10.1 Å². The number of aromatic nitrogens is 3. The van der Waals surface area contributed by atoms with Gasteiger partial charge in [-0.3, -0.25) is 19.1 Å². The Morgan fingerprint density at radius 1 is 1.26 bits per heavy atom. The molecule has 0 radical (unpaired) electrons. The molecule has 0 saturated carbocycles. The molecule has 0 saturated heterocycles. The van der Waals surface area contributed by atoms with Crippen molar-refractivity contribution in [2.75, 3.05) is 13.2 Å². The number of hydrogen-bond acceptors (Lipinski definition) is 6. The van der Waals surface area contributed by atoms with Crippen LogP contribution in [0.15, 0.2) is 18.3 Å². The summed E-state index contributed by atoms with van der Waals surface area (Å²) in [5.74, 6) is -0.230. The maximum Gasteiger partial charge on any atom is 0.307 e. The van der Waals surface area contributed by atoms with Crippen molar-refractivity contribution in [1.29, 1.82) is 0 Å². The molecule has 0 aromatic carbocycles. The summed E-state index contributed by atoms with van der Waals surface area (Å²) in [7, 11) is 0. The highest BCUT2D eigenvalue weighted by atomic mass is 16.5. The first-order valence-electron chi connectivity index (χ1n) is 9.44. The van der Waals surface area contributed by atoms with E-state index < -0.39 is 0 Å². The maximum atomic E-state index is 11.6. The van der Waals surface area contributed by atoms with Crippen LogP contribution in [0, 0.1) is 5.92 Å². The Morgan fingerprint density at radius 2 is 2.04 bits per heavy atom. The minimum absolute atomic E-state index is 0.0681. The number of nitrogens with zero attached hydrogens (tertiary/aromatic N) is 3. The Bertz CT molecular complexity index is 637. The van der Waals surface area contributed by atoms with Crippen LogP contribution in [-0.4, -0.2) is 45.8 Å². The number of rotatable bonds is 13. The molecule has 0 bridgehead atoms. The Labute approximate surface area is 160 Å². The van der Waals surface area contributed by atoms with Gasteiger partial charge in [0.25, 0.3) is 0 Å². The highest BCUT2D eigenvalue weighted by molar-refractivity contribution is 5.97. The van der Waals surface area contributed by atoms with Gasteiger partial charge in [-0.2, -0.15) is 0 Å². The maximum absolute atomic E-state index is 11.6. The molecule has 1 rings (SSSR count). The lowest BCUT2D eigenvalue weighted by molar-refractivity contribution is -0.145. The molecule has 0 aliphatic carbocycles. The van der Waals surface area contributed by atoms with Crippen LogP contribution in [0.5, 0.6) is 0 Å². The van der Waals surface area contributed by atoms with Gasteiger partial charge in [-0.15, -0.1) is 5.10 Å². The molecule has 8 nitrogen and oxygen atoms in total. The van der Waals surface area contributed by atoms with E-state index in [2.05, 4.69) is 15.6 Å². The van der Waals surface area contributed by atoms with Crippen LogP contribution < -0.4 is 5.32 Å². The number of amides is 1. The minimum atomic E-state index is -0.257. The quantitative estimate of drug-likeness (QED) is 0.319. The lowest BCUT2D eigenvalue weighted by Gasteiger charge is -2.06. The molecule has 0 spiro atoms. The van der Waals surface area contributed by atoms with Crippen molar-refractivity contribution < 1.29 is 19.1 Å². The predicted octanol–water partition coefficient (Wildman–Crippen LogP) is 1.84. The van der Waals surface area contributed by atoms with Crippen molar-refractivity contribution in [3.63, 3.8) is 0 Å². The second-order valence-electron chi connectivity index (χ2n) is 6.70. The standard InChI is InChI=1S/C19H30N4O4/c1-4-17(24)8-9-18(25)20-11-6-5-7-16-13-23(22-21-16)12-10-19(26)27-14-15(2)3/h8-9,13,15H,4-7,10-12,14H2,1-3H3,(H,20,25)/b9-8+. The smallest absolute Gasteiger partial charge is 0.307 e. The highest BCUT2D eigenvalue weighted by Gasteiger charge is 2.07. The lowest BCUT2D eigenvalue weighted by Crippen LogP contribution is -2.22. The lowest BCUT2D eigenvalue weighted by atomic mass is 10.2. The number of hydrogen-bond donors (Lipinski definition) is 1. The van der Waals surface area contributed by atoms with Crippen molar-refractivity contribution in [2.24, 2.45) is 5.92 Å². The molecular formula is C19H30N4O4. The van der Waals surface area contributed by atoms with Gasteiger partial charge in [-0.25, -0.2) is 0 Å². The zero-order valence-electron chi connectivity index (χ0n) is 16.4. The molecule has 0 atom stereocenters. The average molecular weight is 378 g/mol. The number of carbonyl (C=O) groups excluding carboxylic acids is 3. The summed E-state index contributed by atoms with van der Waals surface area (Å²) in [6.45, 7) is 7.16. The first-order chi connectivity index (χ1) is 12.9. The van der Waals surface area contributed by atoms with Crippen LogP contribution in [0.1, 0.15) is 52.1 Å². The first-order valence-corrected chi connectivity index (χ1v) is 9.44. The summed E-state index contributed by atoms with van der Waals surface area (Å²) in [4.78, 5) is 34.2. The summed E-state index contributed by atoms with van der Waals surface area (Å²) in [5.41, 5.74) is 0.852. The van der Waals surface area contributed by atoms with Crippen molar-refractivity contribution in [2.45, 2.75) is 59.4 Å². The summed E-state index contributed by atoms with van der Waals surface area (Å²) in [6, 6.07) is 0. The van der Waals surface area contributed by atoms with Gasteiger partial charge in [0.05, 0.1) is 25.3 Å². The highest BCUT2D eigenvalue weighted by Crippen LogP contribution is 2.02. The summed E-state index contributed by atoms with van der Waals surface area (Å²) in [6.07, 6.45) is 7.46. The topological polar surface area (TPSA) is 103 Å². The fraction of sp³-hybridized carbons (Fsp3) is 0.632. The van der Waals surface area contributed by atoms with Gasteiger partial charge >= 0.3 is 5.97 Å². The van der Waals surface area contributed by atoms with E-state index in [1.54, 1.807) is 11.6 Å². The van der Waals surface area contributed by atoms with Gasteiger partial charge in [0.2, 0.25) is 5.91 Å². The van der Waals surface area contributed by atoms with E-state index in [9.17, 15) is 14.4 Å². The van der Waals surface area contributed by atoms with Crippen molar-refractivity contribution in [3.05, 3.63) is 24.0 Å². The van der Waals surface area contributed by atoms with Gasteiger partial charge in [0.1, 0.15) is 0 Å². The summed E-state index contributed by atoms with van der Waals surface area (Å²) >= 11 is 0. The minimum Gasteiger partial charge on any atom is -0.465 e. The molecule has 27 heavy (non-hydrogen) atoms. The number of ketones is 1. The number of allylic oxidation sites excluding steroid dienone is 1. The van der Waals surface area contributed by atoms with Crippen molar-refractivity contribution in [3.8, 4) is 0 Å². The van der Waals surface area contributed by atoms with E-state index in [-0.39, 0.29) is 24.1 Å². The van der Waals surface area contributed by atoms with Crippen LogP contribution >= 0.6 is 0 Å². The fourth-order valence-corrected chi connectivity index (χ4v) is 2.09. The third-order valence-corrected chi connectivity index (χ3v) is 3.64. The monoisotopic (exact) mass is 378 g/mol. The largest absolute Gasteiger partial charge is 0.465 e. The molecular weight excluding hydrogens is 348 g/mol. The van der Waals surface area contributed by atoms with Gasteiger partial charge in [0.15, 0.2) is 5.78 Å². The third kappa shape index (κ3) is 10.9. The van der Waals surface area contributed by atoms with Crippen LogP contribution in [-0.2, 0) is 32.1 Å². The molecule has 150 valence electrons. The summed E-state index contributed by atoms with van der Waals surface area (Å²) < 4.78 is 6.76. The predicted molar refractivity (Wildman–Crippen MR) is 101 cm³/mol. The zero-order chi connectivity index (χ0) is 20.1. The molecule has 0 aliphatic rings. The molecule has 1 amide bonds. The van der Waals surface area contributed by atoms with E-state index in [4.69, 9.17) is 4.74 Å². The Kier molecular flexibility index (Phi) is 10.7. The number of unbranched alkanes of at least 4 members (excludes halogenated alkanes) is 1. The van der Waals surface area contributed by atoms with Gasteiger partial charge in [-0.1, -0.05) is 26.0 Å². The van der Waals surface area contributed by atoms with Crippen LogP contribution in [0.4, 0.5) is 0 Å². The molecule has 1 N–H and O–H groups in total. The number of nitrogens with one attached hydrogen (secondary N) is 1.